The van der Waals surface area contributed by atoms with E-state index in [9.17, 15) is 4.79 Å². The molecule has 1 atom stereocenters. The second kappa shape index (κ2) is 4.58. The first-order chi connectivity index (χ1) is 6.13. The number of carbonyl (C=O) groups is 1. The Bertz CT molecular complexity index is 180. The lowest BCUT2D eigenvalue weighted by Crippen LogP contribution is -2.42. The zero-order valence-corrected chi connectivity index (χ0v) is 8.42. The van der Waals surface area contributed by atoms with Crippen molar-refractivity contribution in [3.8, 4) is 0 Å². The van der Waals surface area contributed by atoms with Crippen LogP contribution in [0.1, 0.15) is 19.8 Å². The summed E-state index contributed by atoms with van der Waals surface area (Å²) in [6, 6.07) is 0.721. The fourth-order valence-electron chi connectivity index (χ4n) is 1.06. The summed E-state index contributed by atoms with van der Waals surface area (Å²) < 4.78 is 0. The fraction of sp³-hybridized carbons (Fsp3) is 0.889. The Labute approximate surface area is 79.5 Å². The van der Waals surface area contributed by atoms with Crippen LogP contribution in [0.4, 0.5) is 0 Å². The fourth-order valence-corrected chi connectivity index (χ4v) is 1.06. The molecule has 0 saturated heterocycles. The summed E-state index contributed by atoms with van der Waals surface area (Å²) in [6.45, 7) is 3.06. The van der Waals surface area contributed by atoms with Gasteiger partial charge in [0.1, 0.15) is 0 Å². The highest BCUT2D eigenvalue weighted by Gasteiger charge is 2.23. The van der Waals surface area contributed by atoms with Crippen LogP contribution in [0.3, 0.4) is 0 Å². The first-order valence-corrected chi connectivity index (χ1v) is 4.83. The van der Waals surface area contributed by atoms with Gasteiger partial charge in [-0.05, 0) is 26.8 Å². The van der Waals surface area contributed by atoms with Crippen molar-refractivity contribution in [1.82, 2.24) is 10.2 Å². The number of hydrogen-bond acceptors (Lipinski definition) is 3. The molecule has 4 nitrogen and oxygen atoms in total. The van der Waals surface area contributed by atoms with Crippen LogP contribution < -0.4 is 11.1 Å². The van der Waals surface area contributed by atoms with Crippen molar-refractivity contribution in [2.75, 3.05) is 20.1 Å². The number of rotatable bonds is 5. The van der Waals surface area contributed by atoms with Gasteiger partial charge in [0, 0.05) is 18.6 Å². The van der Waals surface area contributed by atoms with Gasteiger partial charge in [0.2, 0.25) is 5.91 Å². The van der Waals surface area contributed by atoms with Crippen molar-refractivity contribution in [2.24, 2.45) is 5.73 Å². The van der Waals surface area contributed by atoms with Crippen molar-refractivity contribution in [3.63, 3.8) is 0 Å². The smallest absolute Gasteiger partial charge is 0.234 e. The molecule has 1 fully saturated rings. The average Bonchev–Trinajstić information content (AvgIpc) is 2.86. The largest absolute Gasteiger partial charge is 0.352 e. The van der Waals surface area contributed by atoms with Crippen LogP contribution in [-0.4, -0.2) is 43.0 Å². The summed E-state index contributed by atoms with van der Waals surface area (Å²) in [4.78, 5) is 13.3. The number of nitrogens with one attached hydrogen (secondary N) is 1. The van der Waals surface area contributed by atoms with Crippen LogP contribution in [0.5, 0.6) is 0 Å². The third-order valence-electron chi connectivity index (χ3n) is 2.43. The minimum absolute atomic E-state index is 0.116. The Kier molecular flexibility index (Phi) is 3.69. The maximum Gasteiger partial charge on any atom is 0.234 e. The lowest BCUT2D eigenvalue weighted by molar-refractivity contribution is -0.122. The highest BCUT2D eigenvalue weighted by atomic mass is 16.2. The molecule has 1 rings (SSSR count). The maximum atomic E-state index is 11.3. The molecule has 1 aliphatic carbocycles. The zero-order chi connectivity index (χ0) is 9.84. The van der Waals surface area contributed by atoms with Gasteiger partial charge in [0.05, 0.1) is 6.54 Å². The predicted octanol–water partition coefficient (Wildman–Crippen LogP) is -0.456. The molecule has 0 aliphatic heterocycles. The normalized spacial score (nSPS) is 18.8. The summed E-state index contributed by atoms with van der Waals surface area (Å²) in [5.41, 5.74) is 5.49. The third-order valence-corrected chi connectivity index (χ3v) is 2.43. The van der Waals surface area contributed by atoms with E-state index in [1.165, 1.54) is 0 Å². The van der Waals surface area contributed by atoms with Crippen molar-refractivity contribution < 1.29 is 4.79 Å². The predicted molar refractivity (Wildman–Crippen MR) is 52.3 cm³/mol. The Morgan fingerprint density at radius 3 is 2.77 bits per heavy atom. The van der Waals surface area contributed by atoms with Crippen LogP contribution in [0.2, 0.25) is 0 Å². The van der Waals surface area contributed by atoms with Gasteiger partial charge in [-0.15, -0.1) is 0 Å². The van der Waals surface area contributed by atoms with E-state index in [1.54, 1.807) is 0 Å². The topological polar surface area (TPSA) is 58.4 Å². The molecule has 0 bridgehead atoms. The molecule has 0 radical (unpaired) electrons. The maximum absolute atomic E-state index is 11.3. The molecular formula is C9H19N3O. The highest BCUT2D eigenvalue weighted by molar-refractivity contribution is 5.78. The lowest BCUT2D eigenvalue weighted by atomic mass is 10.3. The Hall–Kier alpha value is -0.610. The van der Waals surface area contributed by atoms with Gasteiger partial charge in [-0.2, -0.15) is 0 Å². The van der Waals surface area contributed by atoms with Crippen LogP contribution in [0.15, 0.2) is 0 Å². The first-order valence-electron chi connectivity index (χ1n) is 4.83. The molecule has 0 aromatic rings. The molecule has 3 N–H and O–H groups in total. The molecule has 0 heterocycles. The molecule has 1 unspecified atom stereocenters. The summed E-state index contributed by atoms with van der Waals surface area (Å²) in [7, 11) is 1.92. The molecule has 1 saturated carbocycles. The standard InChI is InChI=1S/C9H19N3O/c1-7(5-10)12(2)6-9(13)11-8-3-4-8/h7-8H,3-6,10H2,1-2H3,(H,11,13). The molecule has 4 heteroatoms. The molecule has 0 aromatic heterocycles. The Morgan fingerprint density at radius 1 is 1.69 bits per heavy atom. The van der Waals surface area contributed by atoms with Crippen molar-refractivity contribution in [2.45, 2.75) is 31.8 Å². The molecule has 0 aromatic carbocycles. The Morgan fingerprint density at radius 2 is 2.31 bits per heavy atom. The molecule has 1 aliphatic rings. The van der Waals surface area contributed by atoms with E-state index in [0.29, 0.717) is 19.1 Å². The number of amides is 1. The minimum atomic E-state index is 0.116. The minimum Gasteiger partial charge on any atom is -0.352 e. The molecule has 13 heavy (non-hydrogen) atoms. The van der Waals surface area contributed by atoms with Crippen molar-refractivity contribution >= 4 is 5.91 Å². The van der Waals surface area contributed by atoms with Crippen LogP contribution in [-0.2, 0) is 4.79 Å². The van der Waals surface area contributed by atoms with E-state index in [0.717, 1.165) is 12.8 Å². The van der Waals surface area contributed by atoms with Gasteiger partial charge in [-0.1, -0.05) is 0 Å². The second-order valence-corrected chi connectivity index (χ2v) is 3.84. The third kappa shape index (κ3) is 3.74. The van der Waals surface area contributed by atoms with Gasteiger partial charge in [0.25, 0.3) is 0 Å². The number of hydrogen-bond donors (Lipinski definition) is 2. The van der Waals surface area contributed by atoms with Gasteiger partial charge in [0.15, 0.2) is 0 Å². The first kappa shape index (κ1) is 10.5. The van der Waals surface area contributed by atoms with E-state index < -0.39 is 0 Å². The Balaban J connectivity index is 2.17. The van der Waals surface area contributed by atoms with Gasteiger partial charge in [-0.25, -0.2) is 0 Å². The van der Waals surface area contributed by atoms with Crippen LogP contribution in [0.25, 0.3) is 0 Å². The van der Waals surface area contributed by atoms with Gasteiger partial charge >= 0.3 is 0 Å². The van der Waals surface area contributed by atoms with Crippen LogP contribution in [0, 0.1) is 0 Å². The lowest BCUT2D eigenvalue weighted by Gasteiger charge is -2.22. The summed E-state index contributed by atoms with van der Waals surface area (Å²) in [6.07, 6.45) is 2.28. The number of nitrogens with zero attached hydrogens (tertiary/aromatic N) is 1. The summed E-state index contributed by atoms with van der Waals surface area (Å²) in [5.74, 6) is 0.116. The molecule has 76 valence electrons. The van der Waals surface area contributed by atoms with Gasteiger partial charge in [-0.3, -0.25) is 9.69 Å². The highest BCUT2D eigenvalue weighted by Crippen LogP contribution is 2.18. The van der Waals surface area contributed by atoms with Crippen molar-refractivity contribution in [1.29, 1.82) is 0 Å². The van der Waals surface area contributed by atoms with Crippen LogP contribution >= 0.6 is 0 Å². The number of nitrogens with two attached hydrogens (primary N) is 1. The van der Waals surface area contributed by atoms with E-state index in [-0.39, 0.29) is 11.9 Å². The monoisotopic (exact) mass is 185 g/mol. The van der Waals surface area contributed by atoms with Gasteiger partial charge < -0.3 is 11.1 Å². The summed E-state index contributed by atoms with van der Waals surface area (Å²) >= 11 is 0. The quantitative estimate of drug-likeness (QED) is 0.609. The SMILES string of the molecule is CC(CN)N(C)CC(=O)NC1CC1. The van der Waals surface area contributed by atoms with E-state index in [2.05, 4.69) is 5.32 Å². The molecular weight excluding hydrogens is 166 g/mol. The number of carbonyl (C=O) groups excluding carboxylic acids is 1. The molecule has 1 amide bonds. The van der Waals surface area contributed by atoms with Crippen molar-refractivity contribution in [3.05, 3.63) is 0 Å². The summed E-state index contributed by atoms with van der Waals surface area (Å²) in [5, 5.41) is 2.94. The number of likely N-dealkylation sites (N-methyl/N-ethyl adjacent to an activating group) is 1. The molecule has 0 spiro atoms. The van der Waals surface area contributed by atoms with E-state index >= 15 is 0 Å². The second-order valence-electron chi connectivity index (χ2n) is 3.84. The van der Waals surface area contributed by atoms with E-state index in [4.69, 9.17) is 5.73 Å². The van der Waals surface area contributed by atoms with E-state index in [1.807, 2.05) is 18.9 Å². The zero-order valence-electron chi connectivity index (χ0n) is 8.42. The average molecular weight is 185 g/mol.